The zero-order chi connectivity index (χ0) is 15.7. The van der Waals surface area contributed by atoms with Crippen molar-refractivity contribution in [3.05, 3.63) is 35.3 Å². The van der Waals surface area contributed by atoms with E-state index in [4.69, 9.17) is 5.73 Å². The third-order valence-corrected chi connectivity index (χ3v) is 4.63. The van der Waals surface area contributed by atoms with Crippen LogP contribution in [0.3, 0.4) is 0 Å². The van der Waals surface area contributed by atoms with Gasteiger partial charge in [0.25, 0.3) is 0 Å². The molecule has 3 N–H and O–H groups in total. The zero-order valence-corrected chi connectivity index (χ0v) is 12.9. The largest absolute Gasteiger partial charge is 0.356 e. The molecule has 22 heavy (non-hydrogen) atoms. The minimum atomic E-state index is -0.226. The predicted molar refractivity (Wildman–Crippen MR) is 85.1 cm³/mol. The van der Waals surface area contributed by atoms with Crippen molar-refractivity contribution in [2.75, 3.05) is 13.1 Å². The van der Waals surface area contributed by atoms with E-state index >= 15 is 0 Å². The lowest BCUT2D eigenvalue weighted by molar-refractivity contribution is -0.125. The summed E-state index contributed by atoms with van der Waals surface area (Å²) in [7, 11) is 2.01. The molecule has 1 aliphatic rings. The Balaban J connectivity index is 1.86. The zero-order valence-electron chi connectivity index (χ0n) is 12.9. The maximum atomic E-state index is 13.6. The molecular formula is C17H22FN3O. The van der Waals surface area contributed by atoms with Crippen LogP contribution in [0.25, 0.3) is 10.9 Å². The van der Waals surface area contributed by atoms with Crippen LogP contribution in [0.4, 0.5) is 4.39 Å². The smallest absolute Gasteiger partial charge is 0.223 e. The number of hydrogen-bond donors (Lipinski definition) is 2. The molecule has 0 bridgehead atoms. The van der Waals surface area contributed by atoms with Crippen LogP contribution < -0.4 is 11.1 Å². The van der Waals surface area contributed by atoms with Crippen molar-refractivity contribution in [2.45, 2.75) is 25.7 Å². The number of carbonyl (C=O) groups excluding carboxylic acids is 1. The lowest BCUT2D eigenvalue weighted by Gasteiger charge is -2.22. The van der Waals surface area contributed by atoms with Crippen LogP contribution in [0.15, 0.2) is 18.2 Å². The lowest BCUT2D eigenvalue weighted by Crippen LogP contribution is -2.35. The van der Waals surface area contributed by atoms with Gasteiger partial charge in [0.15, 0.2) is 0 Å². The van der Waals surface area contributed by atoms with Crippen LogP contribution >= 0.6 is 0 Å². The van der Waals surface area contributed by atoms with Crippen molar-refractivity contribution in [1.29, 1.82) is 0 Å². The highest BCUT2D eigenvalue weighted by molar-refractivity contribution is 5.87. The van der Waals surface area contributed by atoms with Crippen molar-refractivity contribution in [2.24, 2.45) is 18.7 Å². The summed E-state index contributed by atoms with van der Waals surface area (Å²) in [5.41, 5.74) is 8.84. The van der Waals surface area contributed by atoms with Crippen LogP contribution in [0.2, 0.25) is 0 Å². The highest BCUT2D eigenvalue weighted by Crippen LogP contribution is 2.34. The van der Waals surface area contributed by atoms with Crippen molar-refractivity contribution >= 4 is 16.8 Å². The molecule has 4 nitrogen and oxygen atoms in total. The number of nitrogens with two attached hydrogens (primary N) is 1. The van der Waals surface area contributed by atoms with Crippen LogP contribution in [0, 0.1) is 11.7 Å². The number of benzene rings is 1. The van der Waals surface area contributed by atoms with Crippen molar-refractivity contribution in [3.63, 3.8) is 0 Å². The van der Waals surface area contributed by atoms with Gasteiger partial charge in [0, 0.05) is 36.1 Å². The second kappa shape index (κ2) is 6.08. The number of nitrogens with zero attached hydrogens (tertiary/aromatic N) is 1. The number of carbonyl (C=O) groups is 1. The summed E-state index contributed by atoms with van der Waals surface area (Å²) in [5, 5.41) is 3.89. The van der Waals surface area contributed by atoms with Gasteiger partial charge in [0.2, 0.25) is 5.91 Å². The third kappa shape index (κ3) is 2.61. The van der Waals surface area contributed by atoms with Crippen molar-refractivity contribution in [1.82, 2.24) is 9.88 Å². The molecule has 1 amide bonds. The van der Waals surface area contributed by atoms with Gasteiger partial charge in [-0.15, -0.1) is 0 Å². The number of halogens is 1. The highest BCUT2D eigenvalue weighted by Gasteiger charge is 2.28. The summed E-state index contributed by atoms with van der Waals surface area (Å²) < 4.78 is 15.7. The number of nitrogens with one attached hydrogen (secondary N) is 1. The van der Waals surface area contributed by atoms with Crippen LogP contribution in [-0.2, 0) is 24.7 Å². The van der Waals surface area contributed by atoms with Gasteiger partial charge in [0.1, 0.15) is 5.82 Å². The number of aromatic nitrogens is 1. The number of fused-ring (bicyclic) bond motifs is 3. The molecule has 0 aliphatic heterocycles. The van der Waals surface area contributed by atoms with Gasteiger partial charge in [-0.1, -0.05) is 0 Å². The Labute approximate surface area is 129 Å². The van der Waals surface area contributed by atoms with Crippen molar-refractivity contribution in [3.8, 4) is 0 Å². The van der Waals surface area contributed by atoms with E-state index in [9.17, 15) is 9.18 Å². The molecule has 0 fully saturated rings. The van der Waals surface area contributed by atoms with Crippen LogP contribution in [0.5, 0.6) is 0 Å². The van der Waals surface area contributed by atoms with Gasteiger partial charge in [-0.2, -0.15) is 0 Å². The van der Waals surface area contributed by atoms with Crippen LogP contribution in [0.1, 0.15) is 24.1 Å². The van der Waals surface area contributed by atoms with E-state index in [0.29, 0.717) is 19.5 Å². The Hall–Kier alpha value is -1.88. The molecular weight excluding hydrogens is 281 g/mol. The van der Waals surface area contributed by atoms with Gasteiger partial charge in [-0.05, 0) is 56.0 Å². The Bertz CT molecular complexity index is 707. The summed E-state index contributed by atoms with van der Waals surface area (Å²) in [4.78, 5) is 12.3. The monoisotopic (exact) mass is 303 g/mol. The highest BCUT2D eigenvalue weighted by atomic mass is 19.1. The number of hydrogen-bond acceptors (Lipinski definition) is 2. The average molecular weight is 303 g/mol. The average Bonchev–Trinajstić information content (AvgIpc) is 2.79. The maximum absolute atomic E-state index is 13.6. The number of aryl methyl sites for hydroxylation is 1. The third-order valence-electron chi connectivity index (χ3n) is 4.63. The number of amides is 1. The minimum Gasteiger partial charge on any atom is -0.356 e. The quantitative estimate of drug-likeness (QED) is 0.847. The fourth-order valence-corrected chi connectivity index (χ4v) is 3.43. The molecule has 1 aromatic heterocycles. The first-order valence-electron chi connectivity index (χ1n) is 7.85. The first-order valence-corrected chi connectivity index (χ1v) is 7.85. The molecule has 1 atom stereocenters. The molecule has 0 saturated carbocycles. The van der Waals surface area contributed by atoms with Gasteiger partial charge >= 0.3 is 0 Å². The summed E-state index contributed by atoms with van der Waals surface area (Å²) in [6.07, 6.45) is 3.18. The van der Waals surface area contributed by atoms with E-state index in [1.165, 1.54) is 11.8 Å². The summed E-state index contributed by atoms with van der Waals surface area (Å²) >= 11 is 0. The molecule has 0 saturated heterocycles. The van der Waals surface area contributed by atoms with Gasteiger partial charge in [-0.25, -0.2) is 4.39 Å². The topological polar surface area (TPSA) is 60.0 Å². The summed E-state index contributed by atoms with van der Waals surface area (Å²) in [6.45, 7) is 1.21. The van der Waals surface area contributed by atoms with Gasteiger partial charge in [-0.3, -0.25) is 4.79 Å². The fraction of sp³-hybridized carbons (Fsp3) is 0.471. The normalized spacial score (nSPS) is 17.5. The Kier molecular flexibility index (Phi) is 4.16. The first-order chi connectivity index (χ1) is 10.6. The second-order valence-electron chi connectivity index (χ2n) is 6.02. The maximum Gasteiger partial charge on any atom is 0.223 e. The Morgan fingerprint density at radius 1 is 1.50 bits per heavy atom. The van der Waals surface area contributed by atoms with E-state index in [-0.39, 0.29) is 17.6 Å². The van der Waals surface area contributed by atoms with Gasteiger partial charge < -0.3 is 15.6 Å². The summed E-state index contributed by atoms with van der Waals surface area (Å²) in [5.74, 6) is -0.165. The molecule has 118 valence electrons. The van der Waals surface area contributed by atoms with Crippen molar-refractivity contribution < 1.29 is 9.18 Å². The standard InChI is InChI=1S/C17H22FN3O/c1-21-15-5-3-11(17(22)20-8-2-7-19)9-13(15)14-10-12(18)4-6-16(14)21/h4,6,10-11H,2-3,5,7-9,19H2,1H3,(H,20,22). The van der Waals surface area contributed by atoms with Gasteiger partial charge in [0.05, 0.1) is 0 Å². The SMILES string of the molecule is Cn1c2c(c3cc(F)ccc31)CC(C(=O)NCCCN)CC2. The molecule has 2 aromatic rings. The Morgan fingerprint density at radius 2 is 2.32 bits per heavy atom. The van der Waals surface area contributed by atoms with E-state index in [1.54, 1.807) is 6.07 Å². The first kappa shape index (κ1) is 15.0. The predicted octanol–water partition coefficient (Wildman–Crippen LogP) is 1.89. The molecule has 0 radical (unpaired) electrons. The molecule has 5 heteroatoms. The van der Waals surface area contributed by atoms with E-state index in [1.807, 2.05) is 13.1 Å². The molecule has 3 rings (SSSR count). The minimum absolute atomic E-state index is 0.0286. The van der Waals surface area contributed by atoms with E-state index in [2.05, 4.69) is 9.88 Å². The summed E-state index contributed by atoms with van der Waals surface area (Å²) in [6, 6.07) is 4.90. The van der Waals surface area contributed by atoms with E-state index < -0.39 is 0 Å². The molecule has 0 spiro atoms. The molecule has 1 aromatic carbocycles. The second-order valence-corrected chi connectivity index (χ2v) is 6.02. The molecule has 1 heterocycles. The van der Waals surface area contributed by atoms with E-state index in [0.717, 1.165) is 35.7 Å². The Morgan fingerprint density at radius 3 is 3.09 bits per heavy atom. The fourth-order valence-electron chi connectivity index (χ4n) is 3.43. The number of rotatable bonds is 4. The molecule has 1 unspecified atom stereocenters. The molecule has 1 aliphatic carbocycles. The lowest BCUT2D eigenvalue weighted by atomic mass is 9.85. The van der Waals surface area contributed by atoms with Crippen LogP contribution in [-0.4, -0.2) is 23.6 Å².